The molecule has 110 valence electrons. The number of rotatable bonds is 3. The van der Waals surface area contributed by atoms with Gasteiger partial charge in [-0.1, -0.05) is 6.92 Å². The van der Waals surface area contributed by atoms with Gasteiger partial charge in [0.25, 0.3) is 0 Å². The molecule has 0 radical (unpaired) electrons. The van der Waals surface area contributed by atoms with Gasteiger partial charge in [-0.05, 0) is 37.4 Å². The molecule has 0 aliphatic carbocycles. The second kappa shape index (κ2) is 6.01. The third kappa shape index (κ3) is 2.92. The molecular formula is C14H18N6O. The Balaban J connectivity index is 1.80. The van der Waals surface area contributed by atoms with E-state index in [1.807, 2.05) is 6.07 Å². The van der Waals surface area contributed by atoms with Crippen molar-refractivity contribution in [1.82, 2.24) is 25.1 Å². The first-order chi connectivity index (χ1) is 10.3. The third-order valence-corrected chi connectivity index (χ3v) is 3.73. The quantitative estimate of drug-likeness (QED) is 0.879. The first-order valence-electron chi connectivity index (χ1n) is 7.10. The molecule has 2 N–H and O–H groups in total. The van der Waals surface area contributed by atoms with Crippen molar-refractivity contribution in [1.29, 1.82) is 0 Å². The topological polar surface area (TPSA) is 84.7 Å². The van der Waals surface area contributed by atoms with Crippen molar-refractivity contribution in [3.05, 3.63) is 31.0 Å². The van der Waals surface area contributed by atoms with Crippen molar-refractivity contribution in [2.45, 2.75) is 25.8 Å². The maximum Gasteiger partial charge on any atom is 0.241 e. The molecule has 2 aromatic rings. The summed E-state index contributed by atoms with van der Waals surface area (Å²) >= 11 is 0. The summed E-state index contributed by atoms with van der Waals surface area (Å²) < 4.78 is 1.54. The molecule has 1 aliphatic rings. The van der Waals surface area contributed by atoms with Crippen LogP contribution in [0.2, 0.25) is 0 Å². The van der Waals surface area contributed by atoms with Crippen molar-refractivity contribution in [3.8, 4) is 5.82 Å². The van der Waals surface area contributed by atoms with Crippen LogP contribution in [0.5, 0.6) is 0 Å². The van der Waals surface area contributed by atoms with Crippen molar-refractivity contribution in [3.63, 3.8) is 0 Å². The highest BCUT2D eigenvalue weighted by atomic mass is 16.2. The molecule has 3 rings (SSSR count). The summed E-state index contributed by atoms with van der Waals surface area (Å²) in [7, 11) is 0. The van der Waals surface area contributed by atoms with Crippen LogP contribution >= 0.6 is 0 Å². The minimum atomic E-state index is -0.164. The number of anilines is 1. The first kappa shape index (κ1) is 13.7. The van der Waals surface area contributed by atoms with Crippen LogP contribution in [0.4, 0.5) is 5.69 Å². The molecule has 1 amide bonds. The van der Waals surface area contributed by atoms with Gasteiger partial charge in [0.05, 0.1) is 11.7 Å². The predicted octanol–water partition coefficient (Wildman–Crippen LogP) is 0.989. The Morgan fingerprint density at radius 3 is 3.19 bits per heavy atom. The second-order valence-electron chi connectivity index (χ2n) is 5.26. The number of carbonyl (C=O) groups is 1. The van der Waals surface area contributed by atoms with E-state index in [2.05, 4.69) is 32.6 Å². The largest absolute Gasteiger partial charge is 0.322 e. The first-order valence-corrected chi connectivity index (χ1v) is 7.10. The van der Waals surface area contributed by atoms with Gasteiger partial charge in [-0.3, -0.25) is 4.79 Å². The highest BCUT2D eigenvalue weighted by molar-refractivity contribution is 5.96. The van der Waals surface area contributed by atoms with Crippen LogP contribution in [0.1, 0.15) is 19.8 Å². The molecule has 2 atom stereocenters. The lowest BCUT2D eigenvalue weighted by atomic mass is 9.92. The lowest BCUT2D eigenvalue weighted by Crippen LogP contribution is -2.48. The second-order valence-corrected chi connectivity index (χ2v) is 5.26. The zero-order valence-electron chi connectivity index (χ0n) is 11.9. The van der Waals surface area contributed by atoms with E-state index in [-0.39, 0.29) is 11.9 Å². The number of amides is 1. The monoisotopic (exact) mass is 286 g/mol. The lowest BCUT2D eigenvalue weighted by Gasteiger charge is -2.29. The van der Waals surface area contributed by atoms with E-state index in [0.717, 1.165) is 19.4 Å². The van der Waals surface area contributed by atoms with Gasteiger partial charge in [-0.25, -0.2) is 14.6 Å². The van der Waals surface area contributed by atoms with E-state index in [0.29, 0.717) is 17.4 Å². The van der Waals surface area contributed by atoms with Crippen molar-refractivity contribution < 1.29 is 4.79 Å². The van der Waals surface area contributed by atoms with E-state index in [1.165, 1.54) is 11.0 Å². The summed E-state index contributed by atoms with van der Waals surface area (Å²) in [6, 6.07) is 3.44. The summed E-state index contributed by atoms with van der Waals surface area (Å²) in [5.41, 5.74) is 0.632. The van der Waals surface area contributed by atoms with Gasteiger partial charge in [-0.15, -0.1) is 0 Å². The normalized spacial score (nSPS) is 22.0. The molecule has 0 bridgehead atoms. The maximum absolute atomic E-state index is 12.5. The van der Waals surface area contributed by atoms with Crippen LogP contribution in [0.15, 0.2) is 31.0 Å². The van der Waals surface area contributed by atoms with Gasteiger partial charge in [0.2, 0.25) is 5.91 Å². The summed E-state index contributed by atoms with van der Waals surface area (Å²) in [5.74, 6) is 0.855. The van der Waals surface area contributed by atoms with E-state index in [9.17, 15) is 4.79 Å². The molecule has 0 spiro atoms. The lowest BCUT2D eigenvalue weighted by molar-refractivity contribution is -0.119. The van der Waals surface area contributed by atoms with Crippen molar-refractivity contribution in [2.75, 3.05) is 11.9 Å². The number of piperidine rings is 1. The molecule has 1 saturated heterocycles. The molecule has 21 heavy (non-hydrogen) atoms. The molecule has 7 nitrogen and oxygen atoms in total. The van der Waals surface area contributed by atoms with E-state index >= 15 is 0 Å². The fourth-order valence-corrected chi connectivity index (χ4v) is 2.61. The average Bonchev–Trinajstić information content (AvgIpc) is 3.02. The van der Waals surface area contributed by atoms with Crippen LogP contribution < -0.4 is 10.6 Å². The van der Waals surface area contributed by atoms with Crippen LogP contribution in [-0.4, -0.2) is 38.2 Å². The molecule has 0 aromatic carbocycles. The van der Waals surface area contributed by atoms with Crippen molar-refractivity contribution in [2.24, 2.45) is 5.92 Å². The zero-order valence-corrected chi connectivity index (χ0v) is 11.9. The van der Waals surface area contributed by atoms with Crippen LogP contribution in [0, 0.1) is 5.92 Å². The van der Waals surface area contributed by atoms with E-state index in [1.54, 1.807) is 18.6 Å². The molecule has 2 unspecified atom stereocenters. The summed E-state index contributed by atoms with van der Waals surface area (Å²) in [6.45, 7) is 2.98. The molecule has 7 heteroatoms. The van der Waals surface area contributed by atoms with Gasteiger partial charge in [0.1, 0.15) is 12.7 Å². The number of hydrogen-bond acceptors (Lipinski definition) is 5. The molecule has 1 fully saturated rings. The van der Waals surface area contributed by atoms with Gasteiger partial charge in [0.15, 0.2) is 5.82 Å². The number of nitrogens with zero attached hydrogens (tertiary/aromatic N) is 4. The zero-order chi connectivity index (χ0) is 14.7. The number of carbonyl (C=O) groups excluding carboxylic acids is 1. The molecule has 2 aromatic heterocycles. The smallest absolute Gasteiger partial charge is 0.241 e. The molecule has 1 aliphatic heterocycles. The van der Waals surface area contributed by atoms with Gasteiger partial charge < -0.3 is 10.6 Å². The van der Waals surface area contributed by atoms with Crippen molar-refractivity contribution >= 4 is 11.6 Å². The summed E-state index contributed by atoms with van der Waals surface area (Å²) in [6.07, 6.45) is 6.83. The standard InChI is InChI=1S/C14H18N6O/c1-10-4-2-6-16-12(10)14(21)19-11-5-3-7-17-13(11)20-9-15-8-18-20/h3,5,7-10,12,16H,2,4,6H2,1H3,(H,19,21). The number of aromatic nitrogens is 4. The van der Waals surface area contributed by atoms with Gasteiger partial charge in [-0.2, -0.15) is 5.10 Å². The predicted molar refractivity (Wildman–Crippen MR) is 78.0 cm³/mol. The number of pyridine rings is 1. The Morgan fingerprint density at radius 2 is 2.43 bits per heavy atom. The summed E-state index contributed by atoms with van der Waals surface area (Å²) in [5, 5.41) is 10.3. The maximum atomic E-state index is 12.5. The van der Waals surface area contributed by atoms with E-state index in [4.69, 9.17) is 0 Å². The molecular weight excluding hydrogens is 268 g/mol. The summed E-state index contributed by atoms with van der Waals surface area (Å²) in [4.78, 5) is 20.6. The van der Waals surface area contributed by atoms with E-state index < -0.39 is 0 Å². The minimum Gasteiger partial charge on any atom is -0.322 e. The Bertz CT molecular complexity index is 612. The van der Waals surface area contributed by atoms with Gasteiger partial charge >= 0.3 is 0 Å². The van der Waals surface area contributed by atoms with Gasteiger partial charge in [0, 0.05) is 6.20 Å². The third-order valence-electron chi connectivity index (χ3n) is 3.73. The highest BCUT2D eigenvalue weighted by Gasteiger charge is 2.27. The number of nitrogens with one attached hydrogen (secondary N) is 2. The van der Waals surface area contributed by atoms with Crippen LogP contribution in [-0.2, 0) is 4.79 Å². The van der Waals surface area contributed by atoms with Crippen LogP contribution in [0.3, 0.4) is 0 Å². The fourth-order valence-electron chi connectivity index (χ4n) is 2.61. The molecule has 0 saturated carbocycles. The van der Waals surface area contributed by atoms with Crippen LogP contribution in [0.25, 0.3) is 5.82 Å². The highest BCUT2D eigenvalue weighted by Crippen LogP contribution is 2.20. The Kier molecular flexibility index (Phi) is 3.92. The SMILES string of the molecule is CC1CCCNC1C(=O)Nc1cccnc1-n1cncn1. The Morgan fingerprint density at radius 1 is 1.52 bits per heavy atom. The number of hydrogen-bond donors (Lipinski definition) is 2. The average molecular weight is 286 g/mol. The molecule has 3 heterocycles. The Hall–Kier alpha value is -2.28. The Labute approximate surface area is 122 Å². The fraction of sp³-hybridized carbons (Fsp3) is 0.429. The minimum absolute atomic E-state index is 0.0310.